The molecule has 0 aromatic carbocycles. The van der Waals surface area contributed by atoms with E-state index in [-0.39, 0.29) is 4.84 Å². The maximum absolute atomic E-state index is 5.49. The fourth-order valence-corrected chi connectivity index (χ4v) is 1.30. The first-order valence-corrected chi connectivity index (χ1v) is 5.36. The molecule has 0 saturated carbocycles. The molecule has 10 heavy (non-hydrogen) atoms. The van der Waals surface area contributed by atoms with Gasteiger partial charge >= 0.3 is 0 Å². The van der Waals surface area contributed by atoms with Crippen molar-refractivity contribution in [2.24, 2.45) is 0 Å². The molecule has 0 rings (SSSR count). The van der Waals surface area contributed by atoms with Crippen LogP contribution in [0.4, 0.5) is 0 Å². The van der Waals surface area contributed by atoms with E-state index in [0.29, 0.717) is 6.54 Å². The number of alkyl halides is 2. The molecule has 1 N–H and O–H groups in total. The Morgan fingerprint density at radius 3 is 2.70 bits per heavy atom. The van der Waals surface area contributed by atoms with Crippen molar-refractivity contribution in [3.8, 4) is 0 Å². The zero-order chi connectivity index (χ0) is 7.82. The lowest BCUT2D eigenvalue weighted by molar-refractivity contribution is 0.755. The minimum absolute atomic E-state index is 0.272. The quantitative estimate of drug-likeness (QED) is 0.523. The summed E-state index contributed by atoms with van der Waals surface area (Å²) in [5.74, 6) is 2.31. The average Bonchev–Trinajstić information content (AvgIpc) is 1.87. The normalized spacial score (nSPS) is 10.8. The predicted octanol–water partition coefficient (Wildman–Crippen LogP) is 2.13. The third-order valence-corrected chi connectivity index (χ3v) is 2.14. The van der Waals surface area contributed by atoms with E-state index in [0.717, 1.165) is 12.3 Å². The Labute approximate surface area is 76.8 Å². The molecule has 0 fully saturated rings. The molecule has 0 saturated heterocycles. The highest BCUT2D eigenvalue weighted by molar-refractivity contribution is 7.99. The molecule has 1 nitrogen and oxygen atoms in total. The van der Waals surface area contributed by atoms with Gasteiger partial charge in [0.25, 0.3) is 0 Å². The number of nitrogens with one attached hydrogen (secondary N) is 1. The third-order valence-electron chi connectivity index (χ3n) is 0.926. The zero-order valence-electron chi connectivity index (χ0n) is 6.07. The van der Waals surface area contributed by atoms with Gasteiger partial charge in [0.15, 0.2) is 0 Å². The topological polar surface area (TPSA) is 12.0 Å². The van der Waals surface area contributed by atoms with Gasteiger partial charge in [-0.05, 0) is 5.75 Å². The van der Waals surface area contributed by atoms with E-state index in [2.05, 4.69) is 12.2 Å². The number of rotatable bonds is 6. The molecule has 0 spiro atoms. The molecule has 0 atom stereocenters. The second-order valence-corrected chi connectivity index (χ2v) is 4.46. The fourth-order valence-electron chi connectivity index (χ4n) is 0.500. The van der Waals surface area contributed by atoms with Crippen LogP contribution in [0.15, 0.2) is 0 Å². The summed E-state index contributed by atoms with van der Waals surface area (Å²) in [6.07, 6.45) is 0. The van der Waals surface area contributed by atoms with Crippen molar-refractivity contribution in [1.82, 2.24) is 5.32 Å². The first-order chi connectivity index (χ1) is 4.77. The second-order valence-electron chi connectivity index (χ2n) is 1.79. The Balaban J connectivity index is 2.77. The summed E-state index contributed by atoms with van der Waals surface area (Å²) < 4.78 is 0. The van der Waals surface area contributed by atoms with E-state index in [1.165, 1.54) is 5.75 Å². The molecule has 0 amide bonds. The Morgan fingerprint density at radius 1 is 1.50 bits per heavy atom. The van der Waals surface area contributed by atoms with Crippen LogP contribution in [-0.2, 0) is 0 Å². The molecular weight excluding hydrogens is 189 g/mol. The van der Waals surface area contributed by atoms with Gasteiger partial charge in [-0.3, -0.25) is 0 Å². The zero-order valence-corrected chi connectivity index (χ0v) is 8.40. The number of thioether (sulfide) groups is 1. The number of halogens is 2. The second kappa shape index (κ2) is 7.99. The van der Waals surface area contributed by atoms with Gasteiger partial charge in [-0.2, -0.15) is 11.8 Å². The van der Waals surface area contributed by atoms with E-state index < -0.39 is 0 Å². The molecular formula is C6H13Cl2NS. The summed E-state index contributed by atoms with van der Waals surface area (Å²) in [6, 6.07) is 0. The lowest BCUT2D eigenvalue weighted by Crippen LogP contribution is -2.22. The van der Waals surface area contributed by atoms with Crippen LogP contribution < -0.4 is 5.32 Å². The molecule has 0 bridgehead atoms. The summed E-state index contributed by atoms with van der Waals surface area (Å²) in [5.41, 5.74) is 0. The SMILES string of the molecule is CCSCCNCC(Cl)Cl. The Hall–Kier alpha value is 0.890. The van der Waals surface area contributed by atoms with Crippen LogP contribution in [-0.4, -0.2) is 29.4 Å². The van der Waals surface area contributed by atoms with Crippen molar-refractivity contribution in [1.29, 1.82) is 0 Å². The van der Waals surface area contributed by atoms with Crippen LogP contribution >= 0.6 is 35.0 Å². The molecule has 0 aromatic heterocycles. The van der Waals surface area contributed by atoms with Crippen molar-refractivity contribution in [3.63, 3.8) is 0 Å². The van der Waals surface area contributed by atoms with E-state index >= 15 is 0 Å². The minimum atomic E-state index is -0.272. The van der Waals surface area contributed by atoms with Gasteiger partial charge in [-0.1, -0.05) is 6.92 Å². The number of hydrogen-bond acceptors (Lipinski definition) is 2. The molecule has 4 heteroatoms. The minimum Gasteiger partial charge on any atom is -0.313 e. The fraction of sp³-hybridized carbons (Fsp3) is 1.00. The molecule has 62 valence electrons. The Morgan fingerprint density at radius 2 is 2.20 bits per heavy atom. The van der Waals surface area contributed by atoms with Gasteiger partial charge in [0.2, 0.25) is 0 Å². The Kier molecular flexibility index (Phi) is 8.70. The van der Waals surface area contributed by atoms with Gasteiger partial charge in [0, 0.05) is 18.8 Å². The summed E-state index contributed by atoms with van der Waals surface area (Å²) in [5, 5.41) is 3.13. The molecule has 0 aromatic rings. The van der Waals surface area contributed by atoms with E-state index in [4.69, 9.17) is 23.2 Å². The monoisotopic (exact) mass is 201 g/mol. The van der Waals surface area contributed by atoms with Crippen LogP contribution in [0.3, 0.4) is 0 Å². The van der Waals surface area contributed by atoms with Gasteiger partial charge < -0.3 is 5.32 Å². The molecule has 0 heterocycles. The molecule has 0 aliphatic carbocycles. The first-order valence-electron chi connectivity index (χ1n) is 3.34. The van der Waals surface area contributed by atoms with Crippen molar-refractivity contribution < 1.29 is 0 Å². The summed E-state index contributed by atoms with van der Waals surface area (Å²) in [7, 11) is 0. The average molecular weight is 202 g/mol. The van der Waals surface area contributed by atoms with Gasteiger partial charge in [0.05, 0.1) is 0 Å². The highest BCUT2D eigenvalue weighted by Crippen LogP contribution is 1.99. The van der Waals surface area contributed by atoms with Crippen molar-refractivity contribution in [2.45, 2.75) is 11.8 Å². The number of hydrogen-bond donors (Lipinski definition) is 1. The highest BCUT2D eigenvalue weighted by Gasteiger charge is 1.95. The maximum Gasteiger partial charge on any atom is 0.120 e. The molecule has 0 radical (unpaired) electrons. The Bertz CT molecular complexity index is 70.8. The van der Waals surface area contributed by atoms with E-state index in [1.807, 2.05) is 11.8 Å². The van der Waals surface area contributed by atoms with Crippen molar-refractivity contribution in [2.75, 3.05) is 24.6 Å². The third kappa shape index (κ3) is 8.89. The van der Waals surface area contributed by atoms with Crippen LogP contribution in [0.1, 0.15) is 6.92 Å². The lowest BCUT2D eigenvalue weighted by atomic mass is 10.6. The largest absolute Gasteiger partial charge is 0.313 e. The van der Waals surface area contributed by atoms with Crippen molar-refractivity contribution >= 4 is 35.0 Å². The van der Waals surface area contributed by atoms with E-state index in [9.17, 15) is 0 Å². The van der Waals surface area contributed by atoms with Gasteiger partial charge in [-0.15, -0.1) is 23.2 Å². The van der Waals surface area contributed by atoms with Crippen LogP contribution in [0.5, 0.6) is 0 Å². The maximum atomic E-state index is 5.49. The van der Waals surface area contributed by atoms with Crippen LogP contribution in [0.25, 0.3) is 0 Å². The van der Waals surface area contributed by atoms with Gasteiger partial charge in [-0.25, -0.2) is 0 Å². The van der Waals surface area contributed by atoms with Crippen molar-refractivity contribution in [3.05, 3.63) is 0 Å². The van der Waals surface area contributed by atoms with E-state index in [1.54, 1.807) is 0 Å². The summed E-state index contributed by atoms with van der Waals surface area (Å²) >= 11 is 12.9. The molecule has 0 aliphatic heterocycles. The first kappa shape index (κ1) is 10.9. The summed E-state index contributed by atoms with van der Waals surface area (Å²) in [4.78, 5) is -0.272. The van der Waals surface area contributed by atoms with Gasteiger partial charge in [0.1, 0.15) is 4.84 Å². The smallest absolute Gasteiger partial charge is 0.120 e. The van der Waals surface area contributed by atoms with Crippen LogP contribution in [0, 0.1) is 0 Å². The summed E-state index contributed by atoms with van der Waals surface area (Å²) in [6.45, 7) is 3.83. The molecule has 0 unspecified atom stereocenters. The predicted molar refractivity (Wildman–Crippen MR) is 51.4 cm³/mol. The standard InChI is InChI=1S/C6H13Cl2NS/c1-2-10-4-3-9-5-6(7)8/h6,9H,2-5H2,1H3. The van der Waals surface area contributed by atoms with Crippen LogP contribution in [0.2, 0.25) is 0 Å². The molecule has 0 aliphatic rings. The highest BCUT2D eigenvalue weighted by atomic mass is 35.5. The lowest BCUT2D eigenvalue weighted by Gasteiger charge is -2.02.